The van der Waals surface area contributed by atoms with Gasteiger partial charge in [0.05, 0.1) is 24.1 Å². The van der Waals surface area contributed by atoms with Crippen molar-refractivity contribution in [3.63, 3.8) is 0 Å². The number of nitrogens with zero attached hydrogens (tertiary/aromatic N) is 4. The summed E-state index contributed by atoms with van der Waals surface area (Å²) in [5.41, 5.74) is 3.18. The summed E-state index contributed by atoms with van der Waals surface area (Å²) >= 11 is 7.49. The van der Waals surface area contributed by atoms with E-state index in [4.69, 9.17) is 11.6 Å². The molecule has 0 spiro atoms. The number of hydrogen-bond acceptors (Lipinski definition) is 7. The maximum Gasteiger partial charge on any atom is 0.275 e. The molecule has 2 aliphatic heterocycles. The molecule has 0 unspecified atom stereocenters. The molecule has 33 heavy (non-hydrogen) atoms. The molecule has 10 heteroatoms. The Labute approximate surface area is 201 Å². The molecule has 3 aromatic rings. The fourth-order valence-corrected chi connectivity index (χ4v) is 4.83. The van der Waals surface area contributed by atoms with Gasteiger partial charge in [-0.15, -0.1) is 11.3 Å². The highest BCUT2D eigenvalue weighted by Crippen LogP contribution is 2.34. The first-order valence-electron chi connectivity index (χ1n) is 10.9. The first-order valence-corrected chi connectivity index (χ1v) is 12.1. The number of anilines is 3. The van der Waals surface area contributed by atoms with Crippen molar-refractivity contribution in [3.8, 4) is 0 Å². The van der Waals surface area contributed by atoms with Gasteiger partial charge >= 0.3 is 0 Å². The Bertz CT molecular complexity index is 1160. The van der Waals surface area contributed by atoms with Crippen LogP contribution in [0.15, 0.2) is 42.0 Å². The molecular formula is C23H25ClN6O2S. The fourth-order valence-electron chi connectivity index (χ4n) is 3.79. The molecule has 1 aromatic carbocycles. The Morgan fingerprint density at radius 2 is 2.00 bits per heavy atom. The highest BCUT2D eigenvalue weighted by Gasteiger charge is 2.32. The zero-order chi connectivity index (χ0) is 23.4. The van der Waals surface area contributed by atoms with Crippen LogP contribution in [0.25, 0.3) is 0 Å². The van der Waals surface area contributed by atoms with Gasteiger partial charge in [-0.3, -0.25) is 19.5 Å². The molecule has 1 fully saturated rings. The van der Waals surface area contributed by atoms with Crippen molar-refractivity contribution in [3.05, 3.63) is 63.9 Å². The van der Waals surface area contributed by atoms with E-state index in [0.29, 0.717) is 27.9 Å². The number of pyridine rings is 1. The van der Waals surface area contributed by atoms with Crippen LogP contribution in [0.1, 0.15) is 40.3 Å². The molecule has 0 atom stereocenters. The lowest BCUT2D eigenvalue weighted by atomic mass is 10.1. The molecular weight excluding hydrogens is 460 g/mol. The van der Waals surface area contributed by atoms with Crippen LogP contribution in [0.3, 0.4) is 0 Å². The summed E-state index contributed by atoms with van der Waals surface area (Å²) < 4.78 is 0. The van der Waals surface area contributed by atoms with Crippen LogP contribution < -0.4 is 20.4 Å². The summed E-state index contributed by atoms with van der Waals surface area (Å²) in [6.07, 6.45) is 3.36. The van der Waals surface area contributed by atoms with Gasteiger partial charge in [-0.1, -0.05) is 31.5 Å². The molecule has 0 aliphatic carbocycles. The number of carbonyl (C=O) groups excluding carboxylic acids is 2. The van der Waals surface area contributed by atoms with Crippen LogP contribution in [0, 0.1) is 0 Å². The third kappa shape index (κ3) is 4.71. The number of benzene rings is 1. The first-order chi connectivity index (χ1) is 16.1. The lowest BCUT2D eigenvalue weighted by Gasteiger charge is -2.30. The second-order valence-electron chi connectivity index (χ2n) is 7.26. The molecule has 8 nitrogen and oxygen atoms in total. The maximum atomic E-state index is 12.9. The Morgan fingerprint density at radius 1 is 1.21 bits per heavy atom. The molecule has 0 bridgehead atoms. The van der Waals surface area contributed by atoms with Crippen LogP contribution in [0.4, 0.5) is 16.5 Å². The molecule has 4 heterocycles. The van der Waals surface area contributed by atoms with E-state index in [2.05, 4.69) is 25.5 Å². The average molecular weight is 485 g/mol. The van der Waals surface area contributed by atoms with Gasteiger partial charge in [0.1, 0.15) is 5.69 Å². The van der Waals surface area contributed by atoms with Crippen LogP contribution in [0.2, 0.25) is 5.02 Å². The van der Waals surface area contributed by atoms with Gasteiger partial charge in [0.2, 0.25) is 0 Å². The summed E-state index contributed by atoms with van der Waals surface area (Å²) in [7, 11) is 0. The van der Waals surface area contributed by atoms with Crippen LogP contribution in [-0.4, -0.2) is 48.0 Å². The number of halogens is 1. The number of carbonyl (C=O) groups is 2. The van der Waals surface area contributed by atoms with Crippen molar-refractivity contribution >= 4 is 51.3 Å². The number of amides is 2. The van der Waals surface area contributed by atoms with Gasteiger partial charge < -0.3 is 15.5 Å². The summed E-state index contributed by atoms with van der Waals surface area (Å²) in [6.45, 7) is 7.84. The molecule has 0 saturated carbocycles. The zero-order valence-corrected chi connectivity index (χ0v) is 20.0. The summed E-state index contributed by atoms with van der Waals surface area (Å²) in [6, 6.07) is 7.18. The van der Waals surface area contributed by atoms with E-state index in [0.717, 1.165) is 37.4 Å². The van der Waals surface area contributed by atoms with Crippen molar-refractivity contribution in [2.45, 2.75) is 20.4 Å². The third-order valence-electron chi connectivity index (χ3n) is 5.37. The van der Waals surface area contributed by atoms with Crippen LogP contribution in [0.5, 0.6) is 0 Å². The van der Waals surface area contributed by atoms with E-state index < -0.39 is 0 Å². The molecule has 5 rings (SSSR count). The van der Waals surface area contributed by atoms with Gasteiger partial charge in [0.25, 0.3) is 11.8 Å². The number of nitrogens with one attached hydrogen (secondary N) is 2. The second kappa shape index (κ2) is 10.3. The molecule has 2 aromatic heterocycles. The Balaban J connectivity index is 0.00000126. The van der Waals surface area contributed by atoms with Gasteiger partial charge in [-0.05, 0) is 18.2 Å². The van der Waals surface area contributed by atoms with E-state index in [1.807, 2.05) is 19.9 Å². The molecule has 2 aliphatic rings. The molecule has 2 N–H and O–H groups in total. The van der Waals surface area contributed by atoms with Gasteiger partial charge in [-0.25, -0.2) is 4.98 Å². The first kappa shape index (κ1) is 23.2. The van der Waals surface area contributed by atoms with Gasteiger partial charge in [0.15, 0.2) is 5.13 Å². The minimum absolute atomic E-state index is 0.160. The predicted molar refractivity (Wildman–Crippen MR) is 133 cm³/mol. The topological polar surface area (TPSA) is 90.5 Å². The van der Waals surface area contributed by atoms with Crippen molar-refractivity contribution in [1.82, 2.24) is 15.3 Å². The van der Waals surface area contributed by atoms with Crippen molar-refractivity contribution in [2.24, 2.45) is 0 Å². The van der Waals surface area contributed by atoms with Gasteiger partial charge in [0, 0.05) is 53.9 Å². The highest BCUT2D eigenvalue weighted by molar-refractivity contribution is 7.14. The van der Waals surface area contributed by atoms with Gasteiger partial charge in [-0.2, -0.15) is 0 Å². The lowest BCUT2D eigenvalue weighted by molar-refractivity contribution is 0.0991. The summed E-state index contributed by atoms with van der Waals surface area (Å²) in [5.74, 6) is -0.499. The summed E-state index contributed by atoms with van der Waals surface area (Å²) in [4.78, 5) is 38.0. The smallest absolute Gasteiger partial charge is 0.275 e. The summed E-state index contributed by atoms with van der Waals surface area (Å²) in [5, 5.41) is 8.92. The minimum Gasteiger partial charge on any atom is -0.367 e. The lowest BCUT2D eigenvalue weighted by Crippen LogP contribution is -2.43. The van der Waals surface area contributed by atoms with E-state index in [1.165, 1.54) is 11.3 Å². The molecule has 172 valence electrons. The zero-order valence-electron chi connectivity index (χ0n) is 18.5. The Kier molecular flexibility index (Phi) is 7.22. The number of aromatic nitrogens is 2. The molecule has 0 radical (unpaired) electrons. The number of piperazine rings is 1. The maximum absolute atomic E-state index is 12.9. The standard InChI is InChI=1S/C21H19ClN6O2S.C2H6/c22-15-3-1-2-13-14(15)11-28(20(13)30)21-26-17(12-31-21)19(29)25-16-10-24-5-4-18(16)27-8-6-23-7-9-27;1-2/h1-5,10,12,23H,6-9,11H2,(H,25,29);1-2H3. The fraction of sp³-hybridized carbons (Fsp3) is 0.304. The van der Waals surface area contributed by atoms with Crippen molar-refractivity contribution in [1.29, 1.82) is 0 Å². The SMILES string of the molecule is CC.O=C(Nc1cnccc1N1CCNCC1)c1csc(N2Cc3c(Cl)cccc3C2=O)n1. The monoisotopic (exact) mass is 484 g/mol. The normalized spacial score (nSPS) is 15.1. The highest BCUT2D eigenvalue weighted by atomic mass is 35.5. The number of rotatable bonds is 4. The van der Waals surface area contributed by atoms with E-state index >= 15 is 0 Å². The largest absolute Gasteiger partial charge is 0.367 e. The number of fused-ring (bicyclic) bond motifs is 1. The molecule has 2 amide bonds. The number of hydrogen-bond donors (Lipinski definition) is 2. The molecule has 1 saturated heterocycles. The quantitative estimate of drug-likeness (QED) is 0.580. The predicted octanol–water partition coefficient (Wildman–Crippen LogP) is 4.04. The van der Waals surface area contributed by atoms with E-state index in [9.17, 15) is 9.59 Å². The van der Waals surface area contributed by atoms with Crippen LogP contribution in [-0.2, 0) is 6.54 Å². The Hall–Kier alpha value is -3.01. The number of thiazole rings is 1. The average Bonchev–Trinajstić information content (AvgIpc) is 3.47. The van der Waals surface area contributed by atoms with E-state index in [-0.39, 0.29) is 17.5 Å². The third-order valence-corrected chi connectivity index (χ3v) is 6.59. The van der Waals surface area contributed by atoms with E-state index in [1.54, 1.807) is 40.9 Å². The second-order valence-corrected chi connectivity index (χ2v) is 8.50. The van der Waals surface area contributed by atoms with Crippen molar-refractivity contribution < 1.29 is 9.59 Å². The van der Waals surface area contributed by atoms with Crippen molar-refractivity contribution in [2.75, 3.05) is 41.3 Å². The van der Waals surface area contributed by atoms with Crippen LogP contribution >= 0.6 is 22.9 Å². The Morgan fingerprint density at radius 3 is 2.76 bits per heavy atom. The minimum atomic E-state index is -0.339.